The monoisotopic (exact) mass is 270 g/mol. The van der Waals surface area contributed by atoms with Gasteiger partial charge in [-0.25, -0.2) is 9.18 Å². The van der Waals surface area contributed by atoms with Gasteiger partial charge in [0.1, 0.15) is 5.82 Å². The molecule has 0 heterocycles. The number of rotatable bonds is 6. The number of halogens is 1. The summed E-state index contributed by atoms with van der Waals surface area (Å²) in [7, 11) is 1.49. The Morgan fingerprint density at radius 2 is 2.26 bits per heavy atom. The summed E-state index contributed by atoms with van der Waals surface area (Å²) in [4.78, 5) is 11.5. The van der Waals surface area contributed by atoms with E-state index < -0.39 is 18.0 Å². The summed E-state index contributed by atoms with van der Waals surface area (Å²) in [5, 5.41) is 14.3. The van der Waals surface area contributed by atoms with Crippen molar-refractivity contribution in [3.05, 3.63) is 29.6 Å². The molecule has 0 aliphatic rings. The molecule has 3 N–H and O–H groups in total. The highest BCUT2D eigenvalue weighted by atomic mass is 19.1. The average Bonchev–Trinajstić information content (AvgIpc) is 2.34. The highest BCUT2D eigenvalue weighted by Crippen LogP contribution is 2.15. The number of ether oxygens (including phenoxy) is 1. The van der Waals surface area contributed by atoms with Gasteiger partial charge in [0.15, 0.2) is 0 Å². The van der Waals surface area contributed by atoms with E-state index in [9.17, 15) is 14.3 Å². The summed E-state index contributed by atoms with van der Waals surface area (Å²) in [6.07, 6.45) is -0.251. The predicted octanol–water partition coefficient (Wildman–Crippen LogP) is 1.65. The zero-order valence-corrected chi connectivity index (χ0v) is 11.1. The Morgan fingerprint density at radius 3 is 2.95 bits per heavy atom. The number of hydrogen-bond donors (Lipinski definition) is 3. The van der Waals surface area contributed by atoms with Crippen molar-refractivity contribution in [1.82, 2.24) is 5.32 Å². The van der Waals surface area contributed by atoms with Crippen LogP contribution in [0.2, 0.25) is 0 Å². The molecule has 0 spiro atoms. The van der Waals surface area contributed by atoms with E-state index in [1.807, 2.05) is 6.92 Å². The first-order valence-corrected chi connectivity index (χ1v) is 6.01. The summed E-state index contributed by atoms with van der Waals surface area (Å²) >= 11 is 0. The molecule has 1 aromatic carbocycles. The molecular weight excluding hydrogens is 251 g/mol. The van der Waals surface area contributed by atoms with Gasteiger partial charge in [-0.05, 0) is 31.0 Å². The lowest BCUT2D eigenvalue weighted by atomic mass is 10.2. The van der Waals surface area contributed by atoms with Crippen LogP contribution >= 0.6 is 0 Å². The Labute approximate surface area is 111 Å². The lowest BCUT2D eigenvalue weighted by Gasteiger charge is -2.11. The fraction of sp³-hybridized carbons (Fsp3) is 0.462. The fourth-order valence-electron chi connectivity index (χ4n) is 1.53. The highest BCUT2D eigenvalue weighted by molar-refractivity contribution is 5.89. The van der Waals surface area contributed by atoms with Crippen molar-refractivity contribution in [2.45, 2.75) is 19.4 Å². The van der Waals surface area contributed by atoms with Crippen LogP contribution in [0.15, 0.2) is 18.2 Å². The van der Waals surface area contributed by atoms with Crippen LogP contribution in [-0.4, -0.2) is 37.5 Å². The second-order valence-electron chi connectivity index (χ2n) is 4.26. The molecule has 0 saturated heterocycles. The quantitative estimate of drug-likeness (QED) is 0.736. The molecule has 0 radical (unpaired) electrons. The van der Waals surface area contributed by atoms with Gasteiger partial charge < -0.3 is 20.5 Å². The number of carbonyl (C=O) groups excluding carboxylic acids is 1. The van der Waals surface area contributed by atoms with Gasteiger partial charge in [0.05, 0.1) is 18.4 Å². The number of methoxy groups -OCH3 is 1. The maximum absolute atomic E-state index is 13.4. The maximum atomic E-state index is 13.4. The van der Waals surface area contributed by atoms with E-state index in [0.717, 1.165) is 5.56 Å². The van der Waals surface area contributed by atoms with Crippen molar-refractivity contribution in [1.29, 1.82) is 0 Å². The van der Waals surface area contributed by atoms with Gasteiger partial charge in [0, 0.05) is 13.7 Å². The Kier molecular flexibility index (Phi) is 6.24. The molecule has 0 aliphatic heterocycles. The average molecular weight is 270 g/mol. The Hall–Kier alpha value is -1.66. The van der Waals surface area contributed by atoms with Crippen LogP contribution in [0, 0.1) is 12.7 Å². The maximum Gasteiger partial charge on any atom is 0.319 e. The van der Waals surface area contributed by atoms with E-state index in [0.29, 0.717) is 6.42 Å². The first-order valence-electron chi connectivity index (χ1n) is 6.01. The third-order valence-corrected chi connectivity index (χ3v) is 2.49. The molecular formula is C13H19FN2O3. The summed E-state index contributed by atoms with van der Waals surface area (Å²) in [5.41, 5.74) is 0.988. The van der Waals surface area contributed by atoms with Crippen molar-refractivity contribution < 1.29 is 19.0 Å². The molecule has 5 nitrogen and oxygen atoms in total. The molecule has 0 aliphatic carbocycles. The Bertz CT molecular complexity index is 426. The van der Waals surface area contributed by atoms with E-state index in [2.05, 4.69) is 10.6 Å². The first kappa shape index (κ1) is 15.4. The van der Waals surface area contributed by atoms with Crippen LogP contribution in [-0.2, 0) is 4.74 Å². The highest BCUT2D eigenvalue weighted by Gasteiger charge is 2.08. The van der Waals surface area contributed by atoms with E-state index >= 15 is 0 Å². The van der Waals surface area contributed by atoms with E-state index in [-0.39, 0.29) is 18.8 Å². The summed E-state index contributed by atoms with van der Waals surface area (Å²) in [6, 6.07) is 3.97. The van der Waals surface area contributed by atoms with Crippen LogP contribution in [0.3, 0.4) is 0 Å². The molecule has 0 saturated carbocycles. The fourth-order valence-corrected chi connectivity index (χ4v) is 1.53. The zero-order valence-electron chi connectivity index (χ0n) is 11.1. The second kappa shape index (κ2) is 7.70. The van der Waals surface area contributed by atoms with Crippen LogP contribution in [0.25, 0.3) is 0 Å². The number of aryl methyl sites for hydroxylation is 1. The molecule has 1 unspecified atom stereocenters. The van der Waals surface area contributed by atoms with Gasteiger partial charge in [-0.15, -0.1) is 0 Å². The van der Waals surface area contributed by atoms with Gasteiger partial charge in [-0.2, -0.15) is 0 Å². The lowest BCUT2D eigenvalue weighted by Crippen LogP contribution is -2.32. The van der Waals surface area contributed by atoms with Crippen LogP contribution in [0.5, 0.6) is 0 Å². The molecule has 1 aromatic rings. The SMILES string of the molecule is COCC(O)CCNC(=O)Nc1cc(C)ccc1F. The largest absolute Gasteiger partial charge is 0.391 e. The molecule has 0 fully saturated rings. The van der Waals surface area contributed by atoms with Gasteiger partial charge in [0.2, 0.25) is 0 Å². The van der Waals surface area contributed by atoms with E-state index in [1.165, 1.54) is 13.2 Å². The topological polar surface area (TPSA) is 70.6 Å². The summed E-state index contributed by atoms with van der Waals surface area (Å²) < 4.78 is 18.1. The van der Waals surface area contributed by atoms with E-state index in [4.69, 9.17) is 4.74 Å². The van der Waals surface area contributed by atoms with Crippen molar-refractivity contribution in [2.75, 3.05) is 25.6 Å². The van der Waals surface area contributed by atoms with Crippen LogP contribution in [0.4, 0.5) is 14.9 Å². The standard InChI is InChI=1S/C13H19FN2O3/c1-9-3-4-11(14)12(7-9)16-13(18)15-6-5-10(17)8-19-2/h3-4,7,10,17H,5-6,8H2,1-2H3,(H2,15,16,18). The smallest absolute Gasteiger partial charge is 0.319 e. The van der Waals surface area contributed by atoms with Crippen LogP contribution in [0.1, 0.15) is 12.0 Å². The summed E-state index contributed by atoms with van der Waals surface area (Å²) in [5.74, 6) is -0.486. The number of amides is 2. The van der Waals surface area contributed by atoms with Crippen molar-refractivity contribution >= 4 is 11.7 Å². The lowest BCUT2D eigenvalue weighted by molar-refractivity contribution is 0.0599. The van der Waals surface area contributed by atoms with Gasteiger partial charge in [0.25, 0.3) is 0 Å². The molecule has 1 rings (SSSR count). The van der Waals surface area contributed by atoms with Crippen LogP contribution < -0.4 is 10.6 Å². The first-order chi connectivity index (χ1) is 9.02. The van der Waals surface area contributed by atoms with Gasteiger partial charge >= 0.3 is 6.03 Å². The third-order valence-electron chi connectivity index (χ3n) is 2.49. The molecule has 106 valence electrons. The number of aliphatic hydroxyl groups excluding tert-OH is 1. The molecule has 0 aromatic heterocycles. The Balaban J connectivity index is 2.37. The van der Waals surface area contributed by atoms with Crippen molar-refractivity contribution in [2.24, 2.45) is 0 Å². The van der Waals surface area contributed by atoms with Crippen molar-refractivity contribution in [3.63, 3.8) is 0 Å². The molecule has 1 atom stereocenters. The minimum absolute atomic E-state index is 0.134. The normalized spacial score (nSPS) is 12.0. The number of anilines is 1. The summed E-state index contributed by atoms with van der Waals surface area (Å²) in [6.45, 7) is 2.31. The minimum atomic E-state index is -0.624. The minimum Gasteiger partial charge on any atom is -0.391 e. The molecule has 2 amide bonds. The predicted molar refractivity (Wildman–Crippen MR) is 70.7 cm³/mol. The van der Waals surface area contributed by atoms with Gasteiger partial charge in [-0.3, -0.25) is 0 Å². The molecule has 19 heavy (non-hydrogen) atoms. The molecule has 6 heteroatoms. The number of benzene rings is 1. The number of hydrogen-bond acceptors (Lipinski definition) is 3. The number of carbonyl (C=O) groups is 1. The third kappa shape index (κ3) is 5.67. The number of urea groups is 1. The zero-order chi connectivity index (χ0) is 14.3. The van der Waals surface area contributed by atoms with E-state index in [1.54, 1.807) is 12.1 Å². The van der Waals surface area contributed by atoms with Gasteiger partial charge in [-0.1, -0.05) is 6.07 Å². The number of nitrogens with one attached hydrogen (secondary N) is 2. The second-order valence-corrected chi connectivity index (χ2v) is 4.26. The Morgan fingerprint density at radius 1 is 1.53 bits per heavy atom. The number of aliphatic hydroxyl groups is 1. The molecule has 0 bridgehead atoms. The van der Waals surface area contributed by atoms with Crippen molar-refractivity contribution in [3.8, 4) is 0 Å².